The molecule has 1 saturated heterocycles. The number of nitrogens with zero attached hydrogens (tertiary/aromatic N) is 2. The van der Waals surface area contributed by atoms with Crippen molar-refractivity contribution in [2.45, 2.75) is 18.8 Å². The van der Waals surface area contributed by atoms with Crippen molar-refractivity contribution < 1.29 is 8.78 Å². The lowest BCUT2D eigenvalue weighted by Crippen LogP contribution is -2.27. The SMILES string of the molecule is CC1(c2cncn2-c2ccc(F)cc2F)CCNC1. The van der Waals surface area contributed by atoms with E-state index in [0.717, 1.165) is 31.3 Å². The standard InChI is InChI=1S/C14H15F2N3/c1-14(4-5-17-8-14)13-7-18-9-19(13)12-3-2-10(15)6-11(12)16/h2-3,6-7,9,17H,4-5,8H2,1H3. The summed E-state index contributed by atoms with van der Waals surface area (Å²) in [6, 6.07) is 3.60. The summed E-state index contributed by atoms with van der Waals surface area (Å²) in [5, 5.41) is 3.31. The summed E-state index contributed by atoms with van der Waals surface area (Å²) in [4.78, 5) is 4.13. The van der Waals surface area contributed by atoms with Crippen LogP contribution in [-0.4, -0.2) is 22.6 Å². The molecule has 2 aromatic rings. The fourth-order valence-corrected chi connectivity index (χ4v) is 2.65. The Bertz CT molecular complexity index is 600. The number of benzene rings is 1. The van der Waals surface area contributed by atoms with Crippen molar-refractivity contribution in [2.24, 2.45) is 0 Å². The predicted molar refractivity (Wildman–Crippen MR) is 68.3 cm³/mol. The van der Waals surface area contributed by atoms with Crippen LogP contribution in [0.5, 0.6) is 0 Å². The number of aromatic nitrogens is 2. The van der Waals surface area contributed by atoms with Crippen LogP contribution >= 0.6 is 0 Å². The summed E-state index contributed by atoms with van der Waals surface area (Å²) < 4.78 is 28.6. The summed E-state index contributed by atoms with van der Waals surface area (Å²) in [6.07, 6.45) is 4.31. The highest BCUT2D eigenvalue weighted by molar-refractivity contribution is 5.37. The Morgan fingerprint density at radius 3 is 2.89 bits per heavy atom. The number of nitrogens with one attached hydrogen (secondary N) is 1. The van der Waals surface area contributed by atoms with Crippen LogP contribution in [-0.2, 0) is 5.41 Å². The van der Waals surface area contributed by atoms with Crippen LogP contribution in [0.15, 0.2) is 30.7 Å². The molecule has 0 aliphatic carbocycles. The van der Waals surface area contributed by atoms with Crippen LogP contribution in [0.2, 0.25) is 0 Å². The average Bonchev–Trinajstić information content (AvgIpc) is 2.98. The quantitative estimate of drug-likeness (QED) is 0.901. The maximum Gasteiger partial charge on any atom is 0.150 e. The first-order valence-electron chi connectivity index (χ1n) is 6.29. The molecule has 1 fully saturated rings. The zero-order valence-corrected chi connectivity index (χ0v) is 10.7. The van der Waals surface area contributed by atoms with Gasteiger partial charge in [-0.2, -0.15) is 0 Å². The van der Waals surface area contributed by atoms with Gasteiger partial charge in [-0.3, -0.25) is 4.57 Å². The Morgan fingerprint density at radius 1 is 1.37 bits per heavy atom. The summed E-state index contributed by atoms with van der Waals surface area (Å²) in [5.41, 5.74) is 1.21. The van der Waals surface area contributed by atoms with E-state index in [1.807, 2.05) is 0 Å². The van der Waals surface area contributed by atoms with Gasteiger partial charge in [0, 0.05) is 29.9 Å². The average molecular weight is 263 g/mol. The summed E-state index contributed by atoms with van der Waals surface area (Å²) in [5.74, 6) is -1.15. The minimum absolute atomic E-state index is 0.0721. The normalized spacial score (nSPS) is 22.9. The minimum atomic E-state index is -0.575. The Labute approximate surface area is 110 Å². The Balaban J connectivity index is 2.09. The van der Waals surface area contributed by atoms with Crippen LogP contribution in [0.3, 0.4) is 0 Å². The molecule has 19 heavy (non-hydrogen) atoms. The highest BCUT2D eigenvalue weighted by atomic mass is 19.1. The van der Waals surface area contributed by atoms with E-state index in [2.05, 4.69) is 17.2 Å². The van der Waals surface area contributed by atoms with Crippen molar-refractivity contribution in [3.8, 4) is 5.69 Å². The van der Waals surface area contributed by atoms with Gasteiger partial charge < -0.3 is 5.32 Å². The van der Waals surface area contributed by atoms with Gasteiger partial charge in [0.2, 0.25) is 0 Å². The number of imidazole rings is 1. The second kappa shape index (κ2) is 4.42. The van der Waals surface area contributed by atoms with Crippen LogP contribution in [0.4, 0.5) is 8.78 Å². The van der Waals surface area contributed by atoms with Gasteiger partial charge in [0.25, 0.3) is 0 Å². The summed E-state index contributed by atoms with van der Waals surface area (Å²) in [6.45, 7) is 3.90. The van der Waals surface area contributed by atoms with Gasteiger partial charge >= 0.3 is 0 Å². The molecule has 0 saturated carbocycles. The second-order valence-electron chi connectivity index (χ2n) is 5.23. The Kier molecular flexibility index (Phi) is 2.86. The van der Waals surface area contributed by atoms with Crippen molar-refractivity contribution in [3.05, 3.63) is 48.1 Å². The number of hydrogen-bond donors (Lipinski definition) is 1. The van der Waals surface area contributed by atoms with Gasteiger partial charge in [0.1, 0.15) is 11.6 Å². The lowest BCUT2D eigenvalue weighted by molar-refractivity contribution is 0.494. The predicted octanol–water partition coefficient (Wildman–Crippen LogP) is 2.40. The van der Waals surface area contributed by atoms with Gasteiger partial charge in [-0.15, -0.1) is 0 Å². The molecule has 1 aromatic heterocycles. The van der Waals surface area contributed by atoms with Gasteiger partial charge in [0.15, 0.2) is 0 Å². The lowest BCUT2D eigenvalue weighted by atomic mass is 9.86. The van der Waals surface area contributed by atoms with Crippen LogP contribution < -0.4 is 5.32 Å². The molecule has 1 aliphatic heterocycles. The molecule has 100 valence electrons. The smallest absolute Gasteiger partial charge is 0.150 e. The fourth-order valence-electron chi connectivity index (χ4n) is 2.65. The molecular formula is C14H15F2N3. The zero-order chi connectivity index (χ0) is 13.5. The first-order chi connectivity index (χ1) is 9.10. The summed E-state index contributed by atoms with van der Waals surface area (Å²) in [7, 11) is 0. The van der Waals surface area contributed by atoms with Crippen LogP contribution in [0.1, 0.15) is 19.0 Å². The van der Waals surface area contributed by atoms with Crippen LogP contribution in [0.25, 0.3) is 5.69 Å². The van der Waals surface area contributed by atoms with E-state index in [1.165, 1.54) is 12.1 Å². The molecule has 1 N–H and O–H groups in total. The van der Waals surface area contributed by atoms with E-state index in [9.17, 15) is 8.78 Å². The minimum Gasteiger partial charge on any atom is -0.316 e. The third-order valence-electron chi connectivity index (χ3n) is 3.79. The third kappa shape index (κ3) is 2.04. The van der Waals surface area contributed by atoms with Gasteiger partial charge in [-0.05, 0) is 25.1 Å². The largest absolute Gasteiger partial charge is 0.316 e. The van der Waals surface area contributed by atoms with Crippen molar-refractivity contribution in [1.29, 1.82) is 0 Å². The molecule has 3 nitrogen and oxygen atoms in total. The number of halogens is 2. The van der Waals surface area contributed by atoms with E-state index in [1.54, 1.807) is 17.1 Å². The lowest BCUT2D eigenvalue weighted by Gasteiger charge is -2.24. The maximum absolute atomic E-state index is 13.9. The van der Waals surface area contributed by atoms with Crippen molar-refractivity contribution in [2.75, 3.05) is 13.1 Å². The molecular weight excluding hydrogens is 248 g/mol. The monoisotopic (exact) mass is 263 g/mol. The molecule has 0 spiro atoms. The van der Waals surface area contributed by atoms with E-state index in [0.29, 0.717) is 5.69 Å². The molecule has 0 bridgehead atoms. The first-order valence-corrected chi connectivity index (χ1v) is 6.29. The molecule has 2 heterocycles. The van der Waals surface area contributed by atoms with E-state index in [4.69, 9.17) is 0 Å². The molecule has 0 radical (unpaired) electrons. The number of rotatable bonds is 2. The van der Waals surface area contributed by atoms with Crippen LogP contribution in [0, 0.1) is 11.6 Å². The molecule has 3 rings (SSSR count). The second-order valence-corrected chi connectivity index (χ2v) is 5.23. The molecule has 1 unspecified atom stereocenters. The highest BCUT2D eigenvalue weighted by Crippen LogP contribution is 2.31. The third-order valence-corrected chi connectivity index (χ3v) is 3.79. The molecule has 1 atom stereocenters. The molecule has 0 amide bonds. The van der Waals surface area contributed by atoms with E-state index >= 15 is 0 Å². The van der Waals surface area contributed by atoms with E-state index in [-0.39, 0.29) is 5.41 Å². The first kappa shape index (κ1) is 12.3. The zero-order valence-electron chi connectivity index (χ0n) is 10.7. The van der Waals surface area contributed by atoms with Gasteiger partial charge in [0.05, 0.1) is 12.0 Å². The highest BCUT2D eigenvalue weighted by Gasteiger charge is 2.34. The van der Waals surface area contributed by atoms with E-state index < -0.39 is 11.6 Å². The summed E-state index contributed by atoms with van der Waals surface area (Å²) >= 11 is 0. The van der Waals surface area contributed by atoms with Gasteiger partial charge in [-0.25, -0.2) is 13.8 Å². The Hall–Kier alpha value is -1.75. The maximum atomic E-state index is 13.9. The number of hydrogen-bond acceptors (Lipinski definition) is 2. The van der Waals surface area contributed by atoms with Crippen molar-refractivity contribution in [3.63, 3.8) is 0 Å². The van der Waals surface area contributed by atoms with Gasteiger partial charge in [-0.1, -0.05) is 6.92 Å². The van der Waals surface area contributed by atoms with Crippen molar-refractivity contribution in [1.82, 2.24) is 14.9 Å². The topological polar surface area (TPSA) is 29.9 Å². The fraction of sp³-hybridized carbons (Fsp3) is 0.357. The molecule has 1 aromatic carbocycles. The molecule has 5 heteroatoms. The van der Waals surface area contributed by atoms with Crippen molar-refractivity contribution >= 4 is 0 Å². The Morgan fingerprint density at radius 2 is 2.21 bits per heavy atom. The molecule has 1 aliphatic rings.